The molecule has 1 fully saturated rings. The minimum atomic E-state index is -0.928. The van der Waals surface area contributed by atoms with Gasteiger partial charge in [-0.25, -0.2) is 0 Å². The highest BCUT2D eigenvalue weighted by molar-refractivity contribution is 9.10. The number of aliphatic carboxylic acids is 1. The highest BCUT2D eigenvalue weighted by atomic mass is 79.9. The van der Waals surface area contributed by atoms with Gasteiger partial charge in [-0.1, -0.05) is 22.4 Å². The van der Waals surface area contributed by atoms with E-state index in [-0.39, 0.29) is 11.5 Å². The normalized spacial score (nSPS) is 17.3. The molecule has 0 spiro atoms. The molecule has 0 radical (unpaired) electrons. The van der Waals surface area contributed by atoms with Gasteiger partial charge in [-0.2, -0.15) is 0 Å². The summed E-state index contributed by atoms with van der Waals surface area (Å²) in [7, 11) is 1.43. The lowest BCUT2D eigenvalue weighted by atomic mass is 9.64. The first-order valence-electron chi connectivity index (χ1n) is 5.32. The largest absolute Gasteiger partial charge is 0.504 e. The van der Waals surface area contributed by atoms with E-state index in [1.807, 2.05) is 0 Å². The van der Waals surface area contributed by atoms with Crippen LogP contribution in [0, 0.1) is 0 Å². The van der Waals surface area contributed by atoms with Crippen LogP contribution < -0.4 is 4.74 Å². The van der Waals surface area contributed by atoms with Crippen LogP contribution >= 0.6 is 15.9 Å². The summed E-state index contributed by atoms with van der Waals surface area (Å²) < 4.78 is 5.81. The number of ether oxygens (including phenoxy) is 1. The van der Waals surface area contributed by atoms with Crippen molar-refractivity contribution in [3.8, 4) is 11.5 Å². The van der Waals surface area contributed by atoms with Gasteiger partial charge in [-0.3, -0.25) is 4.79 Å². The maximum Gasteiger partial charge on any atom is 0.314 e. The number of rotatable bonds is 3. The molecule has 0 aromatic heterocycles. The summed E-state index contributed by atoms with van der Waals surface area (Å²) in [4.78, 5) is 11.5. The van der Waals surface area contributed by atoms with Crippen molar-refractivity contribution >= 4 is 21.9 Å². The fourth-order valence-electron chi connectivity index (χ4n) is 2.30. The molecule has 0 unspecified atom stereocenters. The molecule has 0 amide bonds. The van der Waals surface area contributed by atoms with Gasteiger partial charge in [0.05, 0.1) is 12.5 Å². The van der Waals surface area contributed by atoms with E-state index in [9.17, 15) is 15.0 Å². The second-order valence-corrected chi connectivity index (χ2v) is 5.07. The van der Waals surface area contributed by atoms with Crippen LogP contribution in [0.15, 0.2) is 16.6 Å². The summed E-state index contributed by atoms with van der Waals surface area (Å²) in [5, 5.41) is 19.2. The van der Waals surface area contributed by atoms with Gasteiger partial charge < -0.3 is 14.9 Å². The molecule has 1 aliphatic carbocycles. The zero-order valence-electron chi connectivity index (χ0n) is 9.36. The average Bonchev–Trinajstić information content (AvgIpc) is 2.21. The first-order valence-corrected chi connectivity index (χ1v) is 6.11. The molecule has 2 N–H and O–H groups in total. The molecule has 17 heavy (non-hydrogen) atoms. The molecular formula is C12H13BrO4. The maximum atomic E-state index is 11.5. The summed E-state index contributed by atoms with van der Waals surface area (Å²) in [6.07, 6.45) is 2.01. The van der Waals surface area contributed by atoms with Crippen LogP contribution in [0.3, 0.4) is 0 Å². The Kier molecular flexibility index (Phi) is 3.03. The van der Waals surface area contributed by atoms with E-state index < -0.39 is 11.4 Å². The third-order valence-corrected chi connectivity index (χ3v) is 4.05. The molecule has 1 aromatic carbocycles. The van der Waals surface area contributed by atoms with Crippen LogP contribution in [0.5, 0.6) is 11.5 Å². The quantitative estimate of drug-likeness (QED) is 0.900. The van der Waals surface area contributed by atoms with Gasteiger partial charge in [0, 0.05) is 10.0 Å². The fraction of sp³-hybridized carbons (Fsp3) is 0.417. The van der Waals surface area contributed by atoms with Crippen molar-refractivity contribution in [3.05, 3.63) is 22.2 Å². The monoisotopic (exact) mass is 300 g/mol. The number of aromatic hydroxyl groups is 1. The van der Waals surface area contributed by atoms with Gasteiger partial charge in [0.25, 0.3) is 0 Å². The lowest BCUT2D eigenvalue weighted by molar-refractivity contribution is -0.147. The average molecular weight is 301 g/mol. The Morgan fingerprint density at radius 3 is 2.53 bits per heavy atom. The lowest BCUT2D eigenvalue weighted by Gasteiger charge is -2.39. The van der Waals surface area contributed by atoms with E-state index in [1.165, 1.54) is 13.2 Å². The zero-order chi connectivity index (χ0) is 12.6. The summed E-state index contributed by atoms with van der Waals surface area (Å²) in [6.45, 7) is 0. The predicted octanol–water partition coefficient (Wildman–Crippen LogP) is 2.67. The van der Waals surface area contributed by atoms with E-state index in [1.54, 1.807) is 6.07 Å². The topological polar surface area (TPSA) is 66.8 Å². The minimum absolute atomic E-state index is 0.0294. The van der Waals surface area contributed by atoms with Gasteiger partial charge in [-0.05, 0) is 25.0 Å². The summed E-state index contributed by atoms with van der Waals surface area (Å²) >= 11 is 3.35. The highest BCUT2D eigenvalue weighted by Gasteiger charge is 2.49. The number of carbonyl (C=O) groups is 1. The van der Waals surface area contributed by atoms with E-state index in [2.05, 4.69) is 15.9 Å². The molecular weight excluding hydrogens is 288 g/mol. The van der Waals surface area contributed by atoms with Crippen LogP contribution in [-0.2, 0) is 10.2 Å². The number of benzene rings is 1. The number of phenolic OH excluding ortho intramolecular Hbond substituents is 1. The SMILES string of the molecule is COc1c(O)ccc(Br)c1C1(C(=O)O)CCC1. The molecule has 0 aliphatic heterocycles. The highest BCUT2D eigenvalue weighted by Crippen LogP contribution is 2.52. The second kappa shape index (κ2) is 4.22. The Balaban J connectivity index is 2.65. The van der Waals surface area contributed by atoms with Gasteiger partial charge >= 0.3 is 5.97 Å². The number of methoxy groups -OCH3 is 1. The zero-order valence-corrected chi connectivity index (χ0v) is 11.0. The second-order valence-electron chi connectivity index (χ2n) is 4.22. The van der Waals surface area contributed by atoms with E-state index in [0.717, 1.165) is 6.42 Å². The third-order valence-electron chi connectivity index (χ3n) is 3.39. The Labute approximate surface area is 107 Å². The summed E-state index contributed by atoms with van der Waals surface area (Å²) in [6, 6.07) is 3.14. The van der Waals surface area contributed by atoms with Gasteiger partial charge in [0.15, 0.2) is 11.5 Å². The number of halogens is 1. The lowest BCUT2D eigenvalue weighted by Crippen LogP contribution is -2.42. The Morgan fingerprint density at radius 2 is 2.12 bits per heavy atom. The molecule has 92 valence electrons. The Hall–Kier alpha value is -1.23. The molecule has 0 heterocycles. The number of hydrogen-bond donors (Lipinski definition) is 2. The van der Waals surface area contributed by atoms with Crippen molar-refractivity contribution in [3.63, 3.8) is 0 Å². The standard InChI is InChI=1S/C12H13BrO4/c1-17-10-8(14)4-3-7(13)9(10)12(11(15)16)5-2-6-12/h3-4,14H,2,5-6H2,1H3,(H,15,16). The summed E-state index contributed by atoms with van der Waals surface area (Å²) in [5.74, 6) is -0.645. The molecule has 4 nitrogen and oxygen atoms in total. The molecule has 0 saturated heterocycles. The van der Waals surface area contributed by atoms with Crippen LogP contribution in [0.2, 0.25) is 0 Å². The maximum absolute atomic E-state index is 11.5. The summed E-state index contributed by atoms with van der Waals surface area (Å²) in [5.41, 5.74) is -0.387. The van der Waals surface area contributed by atoms with Crippen molar-refractivity contribution in [2.45, 2.75) is 24.7 Å². The van der Waals surface area contributed by atoms with Crippen molar-refractivity contribution in [1.29, 1.82) is 0 Å². The van der Waals surface area contributed by atoms with Crippen molar-refractivity contribution < 1.29 is 19.7 Å². The van der Waals surface area contributed by atoms with E-state index in [0.29, 0.717) is 22.9 Å². The minimum Gasteiger partial charge on any atom is -0.504 e. The van der Waals surface area contributed by atoms with Crippen molar-refractivity contribution in [1.82, 2.24) is 0 Å². The Bertz CT molecular complexity index is 466. The number of phenols is 1. The molecule has 0 atom stereocenters. The Morgan fingerprint density at radius 1 is 1.47 bits per heavy atom. The number of hydrogen-bond acceptors (Lipinski definition) is 3. The van der Waals surface area contributed by atoms with Gasteiger partial charge in [-0.15, -0.1) is 0 Å². The molecule has 2 rings (SSSR count). The first kappa shape index (κ1) is 12.2. The third kappa shape index (κ3) is 1.69. The number of carboxylic acids is 1. The van der Waals surface area contributed by atoms with Gasteiger partial charge in [0.2, 0.25) is 0 Å². The fourth-order valence-corrected chi connectivity index (χ4v) is 2.99. The van der Waals surface area contributed by atoms with Crippen LogP contribution in [0.25, 0.3) is 0 Å². The molecule has 1 aromatic rings. The number of carboxylic acid groups (broad SMARTS) is 1. The van der Waals surface area contributed by atoms with Crippen LogP contribution in [0.4, 0.5) is 0 Å². The molecule has 1 aliphatic rings. The predicted molar refractivity (Wildman–Crippen MR) is 65.5 cm³/mol. The van der Waals surface area contributed by atoms with Crippen molar-refractivity contribution in [2.75, 3.05) is 7.11 Å². The molecule has 5 heteroatoms. The molecule has 0 bridgehead atoms. The van der Waals surface area contributed by atoms with Crippen LogP contribution in [-0.4, -0.2) is 23.3 Å². The molecule has 1 saturated carbocycles. The van der Waals surface area contributed by atoms with Crippen LogP contribution in [0.1, 0.15) is 24.8 Å². The smallest absolute Gasteiger partial charge is 0.314 e. The van der Waals surface area contributed by atoms with E-state index >= 15 is 0 Å². The van der Waals surface area contributed by atoms with Crippen molar-refractivity contribution in [2.24, 2.45) is 0 Å². The van der Waals surface area contributed by atoms with Gasteiger partial charge in [0.1, 0.15) is 0 Å². The first-order chi connectivity index (χ1) is 8.03. The van der Waals surface area contributed by atoms with E-state index in [4.69, 9.17) is 4.74 Å².